The lowest BCUT2D eigenvalue weighted by Gasteiger charge is -2.15. The molecule has 0 saturated heterocycles. The van der Waals surface area contributed by atoms with Crippen molar-refractivity contribution >= 4 is 17.6 Å². The fraction of sp³-hybridized carbons (Fsp3) is 0.269. The maximum atomic E-state index is 12.5. The normalized spacial score (nSPS) is 11.2. The van der Waals surface area contributed by atoms with E-state index in [2.05, 4.69) is 40.6 Å². The number of carbonyl (C=O) groups is 2. The molecular formula is C26H25F3N8O3. The standard InChI is InChI=1S/C26H25F3N8O3/c1-37(25(39)22-16-31-36-34-22)12-3-2-6-19-8-9-23(35-33-19)32-24(38)15-20-13-18(10-11-30-20)17-5-4-7-21(14-17)40-26(27,28)29/h4-5,7-11,13-14,16H,2-3,6,12,15H2,1H3,(H,31,34,36)(H,32,35,38). The molecule has 0 fully saturated rings. The first kappa shape index (κ1) is 28.1. The third kappa shape index (κ3) is 8.31. The summed E-state index contributed by atoms with van der Waals surface area (Å²) in [5.41, 5.74) is 2.51. The Morgan fingerprint density at radius 3 is 2.55 bits per heavy atom. The summed E-state index contributed by atoms with van der Waals surface area (Å²) in [6, 6.07) is 12.2. The Morgan fingerprint density at radius 1 is 1.00 bits per heavy atom. The van der Waals surface area contributed by atoms with Gasteiger partial charge in [-0.15, -0.1) is 23.4 Å². The van der Waals surface area contributed by atoms with Gasteiger partial charge in [-0.2, -0.15) is 5.10 Å². The predicted molar refractivity (Wildman–Crippen MR) is 137 cm³/mol. The molecule has 3 aromatic heterocycles. The minimum atomic E-state index is -4.79. The molecule has 0 saturated carbocycles. The second-order valence-electron chi connectivity index (χ2n) is 8.79. The average molecular weight is 555 g/mol. The van der Waals surface area contributed by atoms with E-state index in [0.29, 0.717) is 29.8 Å². The minimum Gasteiger partial charge on any atom is -0.406 e. The molecule has 0 aliphatic heterocycles. The van der Waals surface area contributed by atoms with Crippen molar-refractivity contribution in [1.29, 1.82) is 0 Å². The summed E-state index contributed by atoms with van der Waals surface area (Å²) in [5.74, 6) is -0.644. The fourth-order valence-electron chi connectivity index (χ4n) is 3.80. The van der Waals surface area contributed by atoms with Crippen molar-refractivity contribution in [2.24, 2.45) is 0 Å². The van der Waals surface area contributed by atoms with Crippen molar-refractivity contribution in [2.75, 3.05) is 18.9 Å². The molecule has 0 bridgehead atoms. The number of anilines is 1. The predicted octanol–water partition coefficient (Wildman–Crippen LogP) is 3.83. The summed E-state index contributed by atoms with van der Waals surface area (Å²) in [7, 11) is 1.70. The summed E-state index contributed by atoms with van der Waals surface area (Å²) in [5, 5.41) is 20.6. The highest BCUT2D eigenvalue weighted by molar-refractivity contribution is 5.92. The van der Waals surface area contributed by atoms with Crippen LogP contribution in [0.2, 0.25) is 0 Å². The molecule has 4 aromatic rings. The molecular weight excluding hydrogens is 529 g/mol. The van der Waals surface area contributed by atoms with Gasteiger partial charge in [0.25, 0.3) is 5.91 Å². The highest BCUT2D eigenvalue weighted by Crippen LogP contribution is 2.28. The number of rotatable bonds is 11. The summed E-state index contributed by atoms with van der Waals surface area (Å²) in [4.78, 5) is 30.4. The maximum Gasteiger partial charge on any atom is 0.573 e. The van der Waals surface area contributed by atoms with Gasteiger partial charge >= 0.3 is 6.36 Å². The van der Waals surface area contributed by atoms with E-state index < -0.39 is 6.36 Å². The van der Waals surface area contributed by atoms with E-state index in [1.807, 2.05) is 0 Å². The van der Waals surface area contributed by atoms with E-state index in [4.69, 9.17) is 0 Å². The lowest BCUT2D eigenvalue weighted by Crippen LogP contribution is -2.28. The van der Waals surface area contributed by atoms with Gasteiger partial charge in [-0.05, 0) is 66.8 Å². The third-order valence-electron chi connectivity index (χ3n) is 5.71. The second-order valence-corrected chi connectivity index (χ2v) is 8.79. The molecule has 0 unspecified atom stereocenters. The van der Waals surface area contributed by atoms with Gasteiger partial charge in [0.05, 0.1) is 24.0 Å². The smallest absolute Gasteiger partial charge is 0.406 e. The number of hydrogen-bond donors (Lipinski definition) is 2. The van der Waals surface area contributed by atoms with E-state index in [9.17, 15) is 22.8 Å². The van der Waals surface area contributed by atoms with E-state index in [1.54, 1.807) is 42.3 Å². The number of aryl methyl sites for hydroxylation is 1. The molecule has 3 heterocycles. The SMILES string of the molecule is CN(CCCCc1ccc(NC(=O)Cc2cc(-c3cccc(OC(F)(F)F)c3)ccn2)nn1)C(=O)c1c[nH]nn1. The van der Waals surface area contributed by atoms with Gasteiger partial charge in [-0.1, -0.05) is 17.3 Å². The largest absolute Gasteiger partial charge is 0.573 e. The van der Waals surface area contributed by atoms with Crippen molar-refractivity contribution in [2.45, 2.75) is 32.0 Å². The summed E-state index contributed by atoms with van der Waals surface area (Å²) in [6.45, 7) is 0.551. The van der Waals surface area contributed by atoms with Crippen LogP contribution in [0.3, 0.4) is 0 Å². The molecule has 0 aliphatic rings. The van der Waals surface area contributed by atoms with Gasteiger partial charge in [0.1, 0.15) is 5.75 Å². The number of pyridine rings is 1. The van der Waals surface area contributed by atoms with Crippen LogP contribution in [-0.2, 0) is 17.6 Å². The topological polar surface area (TPSA) is 139 Å². The van der Waals surface area contributed by atoms with Crippen LogP contribution in [0.25, 0.3) is 11.1 Å². The van der Waals surface area contributed by atoms with Crippen LogP contribution in [0.4, 0.5) is 19.0 Å². The molecule has 14 heteroatoms. The Labute approximate surface area is 226 Å². The molecule has 0 aliphatic carbocycles. The van der Waals surface area contributed by atoms with Crippen molar-refractivity contribution < 1.29 is 27.5 Å². The Morgan fingerprint density at radius 2 is 1.82 bits per heavy atom. The first-order chi connectivity index (χ1) is 19.2. The van der Waals surface area contributed by atoms with Crippen LogP contribution in [-0.4, -0.2) is 67.3 Å². The molecule has 0 atom stereocenters. The van der Waals surface area contributed by atoms with Crippen molar-refractivity contribution in [3.63, 3.8) is 0 Å². The Balaban J connectivity index is 1.24. The second kappa shape index (κ2) is 12.8. The van der Waals surface area contributed by atoms with E-state index >= 15 is 0 Å². The number of carbonyl (C=O) groups excluding carboxylic acids is 2. The molecule has 1 aromatic carbocycles. The number of H-pyrrole nitrogens is 1. The number of nitrogens with zero attached hydrogens (tertiary/aromatic N) is 6. The number of unbranched alkanes of at least 4 members (excludes halogenated alkanes) is 1. The Kier molecular flexibility index (Phi) is 8.99. The summed E-state index contributed by atoms with van der Waals surface area (Å²) in [6.07, 6.45) is 0.249. The van der Waals surface area contributed by atoms with E-state index in [1.165, 1.54) is 30.6 Å². The molecule has 208 valence electrons. The van der Waals surface area contributed by atoms with Crippen molar-refractivity contribution in [1.82, 2.24) is 35.5 Å². The van der Waals surface area contributed by atoms with Gasteiger partial charge in [-0.25, -0.2) is 0 Å². The first-order valence-electron chi connectivity index (χ1n) is 12.2. The molecule has 2 amide bonds. The quantitative estimate of drug-likeness (QED) is 0.267. The number of alkyl halides is 3. The summed E-state index contributed by atoms with van der Waals surface area (Å²) >= 11 is 0. The number of hydrogen-bond acceptors (Lipinski definition) is 8. The van der Waals surface area contributed by atoms with Crippen LogP contribution in [0.5, 0.6) is 5.75 Å². The Hall–Kier alpha value is -4.88. The monoisotopic (exact) mass is 554 g/mol. The van der Waals surface area contributed by atoms with E-state index in [-0.39, 0.29) is 35.5 Å². The zero-order valence-corrected chi connectivity index (χ0v) is 21.4. The fourth-order valence-corrected chi connectivity index (χ4v) is 3.80. The molecule has 0 spiro atoms. The molecule has 0 radical (unpaired) electrons. The number of aromatic amines is 1. The number of nitrogens with one attached hydrogen (secondary N) is 2. The number of benzene rings is 1. The van der Waals surface area contributed by atoms with E-state index in [0.717, 1.165) is 18.5 Å². The zero-order valence-electron chi connectivity index (χ0n) is 21.4. The van der Waals surface area contributed by atoms with Gasteiger partial charge in [-0.3, -0.25) is 19.7 Å². The molecule has 40 heavy (non-hydrogen) atoms. The van der Waals surface area contributed by atoms with Gasteiger partial charge in [0.15, 0.2) is 11.5 Å². The average Bonchev–Trinajstić information content (AvgIpc) is 3.46. The van der Waals surface area contributed by atoms with Crippen LogP contribution < -0.4 is 10.1 Å². The molecule has 2 N–H and O–H groups in total. The summed E-state index contributed by atoms with van der Waals surface area (Å²) < 4.78 is 41.6. The van der Waals surface area contributed by atoms with Crippen LogP contribution in [0.15, 0.2) is 60.9 Å². The van der Waals surface area contributed by atoms with Crippen LogP contribution in [0.1, 0.15) is 34.7 Å². The van der Waals surface area contributed by atoms with Crippen molar-refractivity contribution in [3.05, 3.63) is 78.0 Å². The van der Waals surface area contributed by atoms with Crippen LogP contribution >= 0.6 is 0 Å². The van der Waals surface area contributed by atoms with Gasteiger partial charge in [0, 0.05) is 19.8 Å². The lowest BCUT2D eigenvalue weighted by atomic mass is 10.1. The highest BCUT2D eigenvalue weighted by atomic mass is 19.4. The molecule has 11 nitrogen and oxygen atoms in total. The number of aromatic nitrogens is 6. The van der Waals surface area contributed by atoms with Crippen LogP contribution in [0, 0.1) is 0 Å². The Bertz CT molecular complexity index is 1430. The van der Waals surface area contributed by atoms with Crippen molar-refractivity contribution in [3.8, 4) is 16.9 Å². The lowest BCUT2D eigenvalue weighted by molar-refractivity contribution is -0.274. The first-order valence-corrected chi connectivity index (χ1v) is 12.2. The molecule has 4 rings (SSSR count). The maximum absolute atomic E-state index is 12.5. The number of halogens is 3. The number of ether oxygens (including phenoxy) is 1. The minimum absolute atomic E-state index is 0.0728. The zero-order chi connectivity index (χ0) is 28.5. The third-order valence-corrected chi connectivity index (χ3v) is 5.71. The number of amides is 2. The van der Waals surface area contributed by atoms with Gasteiger partial charge < -0.3 is 15.0 Å². The van der Waals surface area contributed by atoms with Gasteiger partial charge in [0.2, 0.25) is 5.91 Å². The highest BCUT2D eigenvalue weighted by Gasteiger charge is 2.31.